The van der Waals surface area contributed by atoms with E-state index >= 15 is 0 Å². The molecule has 0 aromatic rings. The first-order chi connectivity index (χ1) is 7.23. The van der Waals surface area contributed by atoms with E-state index in [-0.39, 0.29) is 3.92 Å². The Labute approximate surface area is 138 Å². The van der Waals surface area contributed by atoms with Crippen molar-refractivity contribution in [3.05, 3.63) is 0 Å². The van der Waals surface area contributed by atoms with Gasteiger partial charge in [0.2, 0.25) is 0 Å². The Morgan fingerprint density at radius 3 is 1.94 bits per heavy atom. The molecule has 3 nitrogen and oxygen atoms in total. The Morgan fingerprint density at radius 1 is 1.00 bits per heavy atom. The van der Waals surface area contributed by atoms with E-state index in [1.165, 1.54) is 25.7 Å². The highest BCUT2D eigenvalue weighted by atomic mass is 127. The molecule has 0 saturated heterocycles. The first-order valence-corrected chi connectivity index (χ1v) is 8.82. The van der Waals surface area contributed by atoms with E-state index in [0.29, 0.717) is 0 Å². The molecule has 0 aliphatic carbocycles. The largest absolute Gasteiger partial charge is 0.342 e. The molecule has 0 amide bonds. The lowest BCUT2D eigenvalue weighted by Gasteiger charge is -2.33. The third kappa shape index (κ3) is 6.30. The van der Waals surface area contributed by atoms with E-state index in [4.69, 9.17) is 0 Å². The summed E-state index contributed by atoms with van der Waals surface area (Å²) in [6.07, 6.45) is 6.85. The van der Waals surface area contributed by atoms with Gasteiger partial charge in [-0.15, -0.1) is 0 Å². The van der Waals surface area contributed by atoms with Gasteiger partial charge in [0.25, 0.3) is 0 Å². The predicted molar refractivity (Wildman–Crippen MR) is 91.3 cm³/mol. The smallest absolute Gasteiger partial charge is 0.301 e. The van der Waals surface area contributed by atoms with Crippen LogP contribution in [0.5, 0.6) is 0 Å². The molecule has 0 saturated carbocycles. The lowest BCUT2D eigenvalue weighted by Crippen LogP contribution is -2.50. The van der Waals surface area contributed by atoms with Crippen molar-refractivity contribution in [1.29, 1.82) is 0 Å². The van der Waals surface area contributed by atoms with Crippen molar-refractivity contribution in [3.8, 4) is 0 Å². The number of unbranched alkanes of at least 4 members (excludes halogenated alkanes) is 4. The van der Waals surface area contributed by atoms with Gasteiger partial charge in [0.1, 0.15) is 0 Å². The zero-order valence-corrected chi connectivity index (χ0v) is 15.8. The molecule has 0 aromatic heterocycles. The maximum absolute atomic E-state index is 9.25. The van der Waals surface area contributed by atoms with Crippen molar-refractivity contribution in [2.75, 3.05) is 0 Å². The van der Waals surface area contributed by atoms with Crippen LogP contribution in [0.4, 0.5) is 0 Å². The Balaban J connectivity index is 3.92. The molecule has 1 unspecified atom stereocenters. The molecule has 6 heteroatoms. The molecule has 0 aliphatic heterocycles. The minimum atomic E-state index is -2.62. The second kappa shape index (κ2) is 8.28. The summed E-state index contributed by atoms with van der Waals surface area (Å²) in [7, 11) is 0. The van der Waals surface area contributed by atoms with E-state index in [1.807, 2.05) is 45.2 Å². The average molecular weight is 568 g/mol. The molecule has 98 valence electrons. The summed E-state index contributed by atoms with van der Waals surface area (Å²) in [5.41, 5.74) is 0. The van der Waals surface area contributed by atoms with Gasteiger partial charge < -0.3 is 15.3 Å². The fourth-order valence-corrected chi connectivity index (χ4v) is 2.80. The molecule has 0 spiro atoms. The van der Waals surface area contributed by atoms with E-state index in [2.05, 4.69) is 29.5 Å². The first-order valence-electron chi connectivity index (χ1n) is 5.42. The number of hydrogen-bond acceptors (Lipinski definition) is 3. The maximum Gasteiger partial charge on any atom is 0.301 e. The van der Waals surface area contributed by atoms with Gasteiger partial charge in [-0.2, -0.15) is 0 Å². The van der Waals surface area contributed by atoms with Crippen LogP contribution in [0.25, 0.3) is 0 Å². The van der Waals surface area contributed by atoms with Crippen molar-refractivity contribution >= 4 is 67.8 Å². The highest BCUT2D eigenvalue weighted by Crippen LogP contribution is 2.44. The Hall–Kier alpha value is 2.07. The minimum Gasteiger partial charge on any atom is -0.342 e. The molecule has 0 aliphatic rings. The van der Waals surface area contributed by atoms with Crippen LogP contribution in [0.2, 0.25) is 0 Å². The summed E-state index contributed by atoms with van der Waals surface area (Å²) in [5, 5.41) is 27.7. The Bertz CT molecular complexity index is 192. The number of aliphatic hydroxyl groups is 3. The van der Waals surface area contributed by atoms with E-state index in [0.717, 1.165) is 12.8 Å². The Kier molecular flexibility index (Phi) is 9.35. The van der Waals surface area contributed by atoms with Crippen LogP contribution in [-0.2, 0) is 0 Å². The van der Waals surface area contributed by atoms with Gasteiger partial charge in [0.05, 0.1) is 0 Å². The third-order valence-electron chi connectivity index (χ3n) is 2.40. The second-order valence-corrected chi connectivity index (χ2v) is 10.9. The van der Waals surface area contributed by atoms with Gasteiger partial charge >= 0.3 is 5.97 Å². The van der Waals surface area contributed by atoms with Crippen molar-refractivity contribution in [1.82, 2.24) is 0 Å². The first kappa shape index (κ1) is 18.1. The molecule has 0 fully saturated rings. The van der Waals surface area contributed by atoms with Gasteiger partial charge in [-0.1, -0.05) is 107 Å². The van der Waals surface area contributed by atoms with Crippen LogP contribution in [0.15, 0.2) is 0 Å². The molecule has 1 atom stereocenters. The summed E-state index contributed by atoms with van der Waals surface area (Å²) in [5.74, 6) is -2.62. The lowest BCUT2D eigenvalue weighted by atomic mass is 10.1. The fourth-order valence-electron chi connectivity index (χ4n) is 1.32. The van der Waals surface area contributed by atoms with E-state index in [9.17, 15) is 15.3 Å². The molecular weight excluding hydrogens is 549 g/mol. The van der Waals surface area contributed by atoms with Gasteiger partial charge in [-0.25, -0.2) is 0 Å². The number of alkyl halides is 3. The van der Waals surface area contributed by atoms with Crippen molar-refractivity contribution in [3.63, 3.8) is 0 Å². The van der Waals surface area contributed by atoms with Crippen LogP contribution >= 0.6 is 67.8 Å². The van der Waals surface area contributed by atoms with Crippen molar-refractivity contribution in [2.45, 2.75) is 56.8 Å². The zero-order valence-electron chi connectivity index (χ0n) is 9.30. The minimum absolute atomic E-state index is 0.0212. The average Bonchev–Trinajstić information content (AvgIpc) is 2.15. The third-order valence-corrected chi connectivity index (χ3v) is 9.29. The summed E-state index contributed by atoms with van der Waals surface area (Å²) < 4.78 is -0.943. The summed E-state index contributed by atoms with van der Waals surface area (Å²) in [6.45, 7) is 2.18. The second-order valence-electron chi connectivity index (χ2n) is 3.93. The van der Waals surface area contributed by atoms with Crippen molar-refractivity contribution < 1.29 is 15.3 Å². The van der Waals surface area contributed by atoms with Crippen LogP contribution in [0, 0.1) is 0 Å². The molecule has 0 rings (SSSR count). The number of halogens is 3. The quantitative estimate of drug-likeness (QED) is 0.183. The van der Waals surface area contributed by atoms with E-state index < -0.39 is 7.40 Å². The van der Waals surface area contributed by atoms with Gasteiger partial charge in [0.15, 0.2) is 1.43 Å². The van der Waals surface area contributed by atoms with Crippen LogP contribution in [-0.4, -0.2) is 26.6 Å². The van der Waals surface area contributed by atoms with Crippen LogP contribution in [0.3, 0.4) is 0 Å². The highest BCUT2D eigenvalue weighted by Gasteiger charge is 2.49. The topological polar surface area (TPSA) is 60.7 Å². The zero-order chi connectivity index (χ0) is 12.8. The van der Waals surface area contributed by atoms with E-state index in [1.54, 1.807) is 0 Å². The normalized spacial score (nSPS) is 15.2. The molecule has 0 heterocycles. The summed E-state index contributed by atoms with van der Waals surface area (Å²) in [4.78, 5) is 0. The van der Waals surface area contributed by atoms with Gasteiger partial charge in [0, 0.05) is 3.92 Å². The van der Waals surface area contributed by atoms with Crippen LogP contribution < -0.4 is 0 Å². The molecule has 16 heavy (non-hydrogen) atoms. The van der Waals surface area contributed by atoms with Gasteiger partial charge in [-0.05, 0) is 6.42 Å². The highest BCUT2D eigenvalue weighted by molar-refractivity contribution is 14.2. The monoisotopic (exact) mass is 568 g/mol. The molecular formula is C10H19I3O3. The molecule has 3 N–H and O–H groups in total. The standard InChI is InChI=1S/C10H19I3O3/c1-2-3-4-5-6-7-8(11)9(12,13)10(14,15)16/h8,14-16H,2-7H2,1H3. The predicted octanol–water partition coefficient (Wildman–Crippen LogP) is 3.35. The fraction of sp³-hybridized carbons (Fsp3) is 1.00. The molecule has 0 aromatic carbocycles. The number of rotatable bonds is 8. The van der Waals surface area contributed by atoms with Gasteiger partial charge in [-0.3, -0.25) is 0 Å². The molecule has 0 radical (unpaired) electrons. The lowest BCUT2D eigenvalue weighted by molar-refractivity contribution is -0.309. The number of hydrogen-bond donors (Lipinski definition) is 3. The maximum atomic E-state index is 9.25. The SMILES string of the molecule is CCCCCCCC(I)C(I)(I)C(O)(O)O. The summed E-state index contributed by atoms with van der Waals surface area (Å²) in [6, 6.07) is 0. The Morgan fingerprint density at radius 2 is 1.50 bits per heavy atom. The van der Waals surface area contributed by atoms with Crippen LogP contribution in [0.1, 0.15) is 45.4 Å². The molecule has 0 bridgehead atoms. The summed E-state index contributed by atoms with van der Waals surface area (Å²) >= 11 is 5.99. The van der Waals surface area contributed by atoms with Crippen molar-refractivity contribution in [2.24, 2.45) is 0 Å².